The number of ketones is 1. The Morgan fingerprint density at radius 1 is 1.03 bits per heavy atom. The van der Waals surface area contributed by atoms with E-state index in [-0.39, 0.29) is 34.7 Å². The van der Waals surface area contributed by atoms with Crippen LogP contribution in [-0.2, 0) is 11.3 Å². The van der Waals surface area contributed by atoms with Crippen LogP contribution in [0.5, 0.6) is 0 Å². The summed E-state index contributed by atoms with van der Waals surface area (Å²) in [5, 5.41) is 14.6. The van der Waals surface area contributed by atoms with Crippen LogP contribution in [0.2, 0.25) is 5.02 Å². The van der Waals surface area contributed by atoms with E-state index in [2.05, 4.69) is 5.32 Å². The van der Waals surface area contributed by atoms with E-state index in [9.17, 15) is 19.7 Å². The number of hydrogen-bond donors (Lipinski definition) is 1. The van der Waals surface area contributed by atoms with Crippen molar-refractivity contribution in [1.82, 2.24) is 0 Å². The van der Waals surface area contributed by atoms with E-state index in [4.69, 9.17) is 16.3 Å². The Morgan fingerprint density at radius 2 is 1.70 bits per heavy atom. The topological polar surface area (TPSA) is 98.5 Å². The van der Waals surface area contributed by atoms with Crippen LogP contribution < -0.4 is 5.32 Å². The van der Waals surface area contributed by atoms with Crippen molar-refractivity contribution >= 4 is 34.7 Å². The quantitative estimate of drug-likeness (QED) is 0.251. The van der Waals surface area contributed by atoms with Gasteiger partial charge in [0.15, 0.2) is 5.78 Å². The molecule has 3 aromatic carbocycles. The third-order valence-corrected chi connectivity index (χ3v) is 4.65. The van der Waals surface area contributed by atoms with E-state index in [1.165, 1.54) is 30.3 Å². The summed E-state index contributed by atoms with van der Waals surface area (Å²) in [6, 6.07) is 17.1. The Kier molecular flexibility index (Phi) is 6.44. The van der Waals surface area contributed by atoms with Gasteiger partial charge in [-0.25, -0.2) is 4.79 Å². The lowest BCUT2D eigenvalue weighted by Gasteiger charge is -2.10. The molecule has 8 heteroatoms. The number of rotatable bonds is 7. The third kappa shape index (κ3) is 4.64. The zero-order valence-corrected chi connectivity index (χ0v) is 16.7. The molecule has 0 aromatic heterocycles. The molecule has 0 amide bonds. The zero-order chi connectivity index (χ0) is 21.7. The first-order valence-electron chi connectivity index (χ1n) is 8.92. The van der Waals surface area contributed by atoms with Crippen LogP contribution in [0.15, 0.2) is 66.7 Å². The standard InChI is InChI=1S/C22H17ClN2O5/c1-24-19-11-8-15(12-20(19)25(28)29)21(26)17-4-2-3-5-18(17)22(27)30-13-14-6-9-16(23)10-7-14/h2-12,24H,13H2,1H3. The number of carbonyl (C=O) groups is 2. The number of nitro benzene ring substituents is 1. The van der Waals surface area contributed by atoms with Crippen molar-refractivity contribution in [2.45, 2.75) is 6.61 Å². The van der Waals surface area contributed by atoms with Gasteiger partial charge < -0.3 is 10.1 Å². The smallest absolute Gasteiger partial charge is 0.339 e. The molecule has 0 bridgehead atoms. The minimum absolute atomic E-state index is 0.0147. The van der Waals surface area contributed by atoms with Gasteiger partial charge in [-0.05, 0) is 35.9 Å². The van der Waals surface area contributed by atoms with Crippen LogP contribution in [0, 0.1) is 10.1 Å². The number of nitro groups is 1. The van der Waals surface area contributed by atoms with Crippen LogP contribution >= 0.6 is 11.6 Å². The Balaban J connectivity index is 1.86. The predicted octanol–water partition coefficient (Wildman–Crippen LogP) is 4.88. The van der Waals surface area contributed by atoms with E-state index in [0.717, 1.165) is 5.56 Å². The minimum atomic E-state index is -0.671. The largest absolute Gasteiger partial charge is 0.457 e. The fourth-order valence-corrected chi connectivity index (χ4v) is 2.98. The summed E-state index contributed by atoms with van der Waals surface area (Å²) in [5.74, 6) is -1.19. The summed E-state index contributed by atoms with van der Waals surface area (Å²) in [7, 11) is 1.55. The molecule has 0 aliphatic heterocycles. The molecule has 1 N–H and O–H groups in total. The average Bonchev–Trinajstić information content (AvgIpc) is 2.77. The van der Waals surface area contributed by atoms with Crippen molar-refractivity contribution in [3.8, 4) is 0 Å². The van der Waals surface area contributed by atoms with Crippen molar-refractivity contribution in [3.63, 3.8) is 0 Å². The number of nitrogens with zero attached hydrogens (tertiary/aromatic N) is 1. The highest BCUT2D eigenvalue weighted by atomic mass is 35.5. The molecule has 0 aliphatic carbocycles. The van der Waals surface area contributed by atoms with Gasteiger partial charge in [0, 0.05) is 29.3 Å². The lowest BCUT2D eigenvalue weighted by Crippen LogP contribution is -2.13. The highest BCUT2D eigenvalue weighted by Gasteiger charge is 2.22. The van der Waals surface area contributed by atoms with Crippen LogP contribution in [0.25, 0.3) is 0 Å². The van der Waals surface area contributed by atoms with Gasteiger partial charge in [-0.3, -0.25) is 14.9 Å². The van der Waals surface area contributed by atoms with Crippen molar-refractivity contribution in [2.75, 3.05) is 12.4 Å². The Bertz CT molecular complexity index is 1110. The van der Waals surface area contributed by atoms with E-state index in [1.807, 2.05) is 0 Å². The summed E-state index contributed by atoms with van der Waals surface area (Å²) < 4.78 is 5.33. The number of ether oxygens (including phenoxy) is 1. The molecule has 30 heavy (non-hydrogen) atoms. The number of nitrogens with one attached hydrogen (secondary N) is 1. The molecule has 7 nitrogen and oxygen atoms in total. The number of benzene rings is 3. The van der Waals surface area contributed by atoms with Gasteiger partial charge in [-0.1, -0.05) is 41.9 Å². The third-order valence-electron chi connectivity index (χ3n) is 4.40. The monoisotopic (exact) mass is 424 g/mol. The number of halogens is 1. The fraction of sp³-hybridized carbons (Fsp3) is 0.0909. The molecule has 0 saturated carbocycles. The maximum atomic E-state index is 13.0. The molecular formula is C22H17ClN2O5. The summed E-state index contributed by atoms with van der Waals surface area (Å²) in [4.78, 5) is 36.3. The van der Waals surface area contributed by atoms with Gasteiger partial charge >= 0.3 is 5.97 Å². The number of carbonyl (C=O) groups excluding carboxylic acids is 2. The average molecular weight is 425 g/mol. The normalized spacial score (nSPS) is 10.3. The summed E-state index contributed by atoms with van der Waals surface area (Å²) in [6.45, 7) is 0.0147. The van der Waals surface area contributed by atoms with Crippen LogP contribution in [0.4, 0.5) is 11.4 Å². The van der Waals surface area contributed by atoms with Crippen molar-refractivity contribution < 1.29 is 19.2 Å². The molecule has 0 atom stereocenters. The highest BCUT2D eigenvalue weighted by molar-refractivity contribution is 6.30. The maximum absolute atomic E-state index is 13.0. The summed E-state index contributed by atoms with van der Waals surface area (Å²) in [6.07, 6.45) is 0. The van der Waals surface area contributed by atoms with E-state index in [1.54, 1.807) is 43.4 Å². The predicted molar refractivity (Wildman–Crippen MR) is 113 cm³/mol. The number of anilines is 1. The van der Waals surface area contributed by atoms with Gasteiger partial charge in [-0.2, -0.15) is 0 Å². The molecule has 0 spiro atoms. The number of hydrogen-bond acceptors (Lipinski definition) is 6. The van der Waals surface area contributed by atoms with Crippen LogP contribution in [-0.4, -0.2) is 23.7 Å². The van der Waals surface area contributed by atoms with E-state index < -0.39 is 16.7 Å². The van der Waals surface area contributed by atoms with Gasteiger partial charge in [0.1, 0.15) is 12.3 Å². The van der Waals surface area contributed by atoms with Crippen LogP contribution in [0.1, 0.15) is 31.8 Å². The van der Waals surface area contributed by atoms with Crippen molar-refractivity contribution in [3.05, 3.63) is 104 Å². The summed E-state index contributed by atoms with van der Waals surface area (Å²) >= 11 is 5.84. The Labute approximate surface area is 177 Å². The molecule has 0 aliphatic rings. The van der Waals surface area contributed by atoms with Crippen molar-refractivity contribution in [1.29, 1.82) is 0 Å². The second-order valence-corrected chi connectivity index (χ2v) is 6.75. The molecule has 3 rings (SSSR count). The fourth-order valence-electron chi connectivity index (χ4n) is 2.86. The molecule has 3 aromatic rings. The second kappa shape index (κ2) is 9.19. The lowest BCUT2D eigenvalue weighted by molar-refractivity contribution is -0.384. The number of esters is 1. The molecular weight excluding hydrogens is 408 g/mol. The van der Waals surface area contributed by atoms with E-state index in [0.29, 0.717) is 5.02 Å². The SMILES string of the molecule is CNc1ccc(C(=O)c2ccccc2C(=O)OCc2ccc(Cl)cc2)cc1[N+](=O)[O-]. The Hall–Kier alpha value is -3.71. The summed E-state index contributed by atoms with van der Waals surface area (Å²) in [5.41, 5.74) is 1.08. The van der Waals surface area contributed by atoms with Crippen molar-refractivity contribution in [2.24, 2.45) is 0 Å². The molecule has 0 fully saturated rings. The lowest BCUT2D eigenvalue weighted by atomic mass is 9.97. The second-order valence-electron chi connectivity index (χ2n) is 6.32. The van der Waals surface area contributed by atoms with Crippen LogP contribution in [0.3, 0.4) is 0 Å². The van der Waals surface area contributed by atoms with E-state index >= 15 is 0 Å². The zero-order valence-electron chi connectivity index (χ0n) is 15.9. The van der Waals surface area contributed by atoms with Gasteiger partial charge in [0.2, 0.25) is 0 Å². The molecule has 0 heterocycles. The molecule has 0 radical (unpaired) electrons. The molecule has 0 unspecified atom stereocenters. The maximum Gasteiger partial charge on any atom is 0.339 e. The molecule has 0 saturated heterocycles. The first-order chi connectivity index (χ1) is 14.4. The van der Waals surface area contributed by atoms with Gasteiger partial charge in [0.25, 0.3) is 5.69 Å². The first-order valence-corrected chi connectivity index (χ1v) is 9.30. The Morgan fingerprint density at radius 3 is 2.33 bits per heavy atom. The van der Waals surface area contributed by atoms with Gasteiger partial charge in [-0.15, -0.1) is 0 Å². The van der Waals surface area contributed by atoms with Gasteiger partial charge in [0.05, 0.1) is 10.5 Å². The minimum Gasteiger partial charge on any atom is -0.457 e. The highest BCUT2D eigenvalue weighted by Crippen LogP contribution is 2.27. The first kappa shape index (κ1) is 21.0. The molecule has 152 valence electrons.